The highest BCUT2D eigenvalue weighted by atomic mass is 19.1. The number of rotatable bonds is 3. The van der Waals surface area contributed by atoms with Gasteiger partial charge in [0, 0.05) is 29.8 Å². The van der Waals surface area contributed by atoms with E-state index < -0.39 is 0 Å². The molecule has 0 radical (unpaired) electrons. The summed E-state index contributed by atoms with van der Waals surface area (Å²) in [5, 5.41) is 0. The molecule has 1 aliphatic rings. The van der Waals surface area contributed by atoms with Gasteiger partial charge in [0.1, 0.15) is 17.3 Å². The van der Waals surface area contributed by atoms with Gasteiger partial charge in [-0.3, -0.25) is 4.79 Å². The highest BCUT2D eigenvalue weighted by molar-refractivity contribution is 5.95. The highest BCUT2D eigenvalue weighted by Gasteiger charge is 2.18. The van der Waals surface area contributed by atoms with Crippen LogP contribution in [-0.2, 0) is 4.74 Å². The van der Waals surface area contributed by atoms with Crippen molar-refractivity contribution in [3.8, 4) is 22.5 Å². The standard InChI is InChI=1S/C21H19FN4O2/c22-17-3-1-2-16(12-17)18-13-24-20(23)19(25-18)14-4-6-15(7-5-14)21(27)26-8-10-28-11-9-26/h1-7,12-13H,8-11H2,(H2,23,24). The Bertz CT molecular complexity index is 1000. The molecule has 4 rings (SSSR count). The molecule has 1 amide bonds. The first-order valence-electron chi connectivity index (χ1n) is 8.98. The molecular formula is C21H19FN4O2. The van der Waals surface area contributed by atoms with Crippen LogP contribution in [0.25, 0.3) is 22.5 Å². The van der Waals surface area contributed by atoms with Crippen LogP contribution < -0.4 is 5.73 Å². The van der Waals surface area contributed by atoms with Crippen molar-refractivity contribution in [3.63, 3.8) is 0 Å². The molecule has 0 unspecified atom stereocenters. The number of halogens is 1. The van der Waals surface area contributed by atoms with Crippen molar-refractivity contribution in [2.75, 3.05) is 32.0 Å². The molecule has 28 heavy (non-hydrogen) atoms. The smallest absolute Gasteiger partial charge is 0.254 e. The molecule has 7 heteroatoms. The molecule has 2 heterocycles. The summed E-state index contributed by atoms with van der Waals surface area (Å²) in [6, 6.07) is 13.2. The van der Waals surface area contributed by atoms with Crippen LogP contribution in [0.5, 0.6) is 0 Å². The molecule has 0 saturated carbocycles. The number of ether oxygens (including phenoxy) is 1. The minimum atomic E-state index is -0.344. The molecule has 1 aromatic heterocycles. The Hall–Kier alpha value is -3.32. The molecule has 2 N–H and O–H groups in total. The fourth-order valence-corrected chi connectivity index (χ4v) is 3.12. The highest BCUT2D eigenvalue weighted by Crippen LogP contribution is 2.26. The van der Waals surface area contributed by atoms with Crippen molar-refractivity contribution >= 4 is 11.7 Å². The van der Waals surface area contributed by atoms with Crippen LogP contribution in [0.4, 0.5) is 10.2 Å². The van der Waals surface area contributed by atoms with E-state index in [1.165, 1.54) is 18.3 Å². The molecule has 0 bridgehead atoms. The molecule has 1 aliphatic heterocycles. The lowest BCUT2D eigenvalue weighted by Crippen LogP contribution is -2.40. The molecule has 0 aliphatic carbocycles. The van der Waals surface area contributed by atoms with Crippen LogP contribution >= 0.6 is 0 Å². The first-order valence-corrected chi connectivity index (χ1v) is 8.98. The minimum absolute atomic E-state index is 0.0255. The summed E-state index contributed by atoms with van der Waals surface area (Å²) >= 11 is 0. The first-order chi connectivity index (χ1) is 13.6. The van der Waals surface area contributed by atoms with E-state index in [0.29, 0.717) is 48.8 Å². The van der Waals surface area contributed by atoms with E-state index in [4.69, 9.17) is 10.5 Å². The molecule has 1 fully saturated rings. The molecule has 142 valence electrons. The lowest BCUT2D eigenvalue weighted by molar-refractivity contribution is 0.0303. The van der Waals surface area contributed by atoms with E-state index in [0.717, 1.165) is 5.56 Å². The number of morpholine rings is 1. The quantitative estimate of drug-likeness (QED) is 0.758. The van der Waals surface area contributed by atoms with Gasteiger partial charge in [-0.15, -0.1) is 0 Å². The second-order valence-corrected chi connectivity index (χ2v) is 6.48. The van der Waals surface area contributed by atoms with Crippen molar-refractivity contribution in [3.05, 3.63) is 66.1 Å². The van der Waals surface area contributed by atoms with Crippen LogP contribution in [0, 0.1) is 5.82 Å². The van der Waals surface area contributed by atoms with Crippen LogP contribution in [0.1, 0.15) is 10.4 Å². The van der Waals surface area contributed by atoms with E-state index in [2.05, 4.69) is 9.97 Å². The van der Waals surface area contributed by atoms with E-state index in [-0.39, 0.29) is 17.5 Å². The molecule has 6 nitrogen and oxygen atoms in total. The Kier molecular flexibility index (Phi) is 4.99. The van der Waals surface area contributed by atoms with Gasteiger partial charge in [0.25, 0.3) is 5.91 Å². The van der Waals surface area contributed by atoms with E-state index in [1.807, 2.05) is 0 Å². The van der Waals surface area contributed by atoms with Gasteiger partial charge >= 0.3 is 0 Å². The summed E-state index contributed by atoms with van der Waals surface area (Å²) in [6.07, 6.45) is 1.52. The van der Waals surface area contributed by atoms with Crippen molar-refractivity contribution in [2.24, 2.45) is 0 Å². The number of amides is 1. The van der Waals surface area contributed by atoms with Crippen molar-refractivity contribution in [1.29, 1.82) is 0 Å². The fraction of sp³-hybridized carbons (Fsp3) is 0.190. The lowest BCUT2D eigenvalue weighted by Gasteiger charge is -2.26. The summed E-state index contributed by atoms with van der Waals surface area (Å²) < 4.78 is 18.8. The zero-order valence-electron chi connectivity index (χ0n) is 15.1. The number of nitrogens with zero attached hydrogens (tertiary/aromatic N) is 3. The first kappa shape index (κ1) is 18.1. The molecule has 0 atom stereocenters. The Labute approximate surface area is 161 Å². The number of hydrogen-bond donors (Lipinski definition) is 1. The average Bonchev–Trinajstić information content (AvgIpc) is 2.74. The SMILES string of the molecule is Nc1ncc(-c2cccc(F)c2)nc1-c1ccc(C(=O)N2CCOCC2)cc1. The molecule has 1 saturated heterocycles. The van der Waals surface area contributed by atoms with E-state index >= 15 is 0 Å². The van der Waals surface area contributed by atoms with Gasteiger partial charge in [0.15, 0.2) is 0 Å². The van der Waals surface area contributed by atoms with E-state index in [9.17, 15) is 9.18 Å². The van der Waals surface area contributed by atoms with E-state index in [1.54, 1.807) is 41.3 Å². The maximum Gasteiger partial charge on any atom is 0.254 e. The molecule has 3 aromatic rings. The third-order valence-corrected chi connectivity index (χ3v) is 4.62. The topological polar surface area (TPSA) is 81.3 Å². The number of nitrogen functional groups attached to an aromatic ring is 1. The Morgan fingerprint density at radius 2 is 1.82 bits per heavy atom. The number of nitrogens with two attached hydrogens (primary N) is 1. The number of carbonyl (C=O) groups excluding carboxylic acids is 1. The zero-order chi connectivity index (χ0) is 19.5. The summed E-state index contributed by atoms with van der Waals surface area (Å²) in [7, 11) is 0. The summed E-state index contributed by atoms with van der Waals surface area (Å²) in [5.74, 6) is -0.0986. The monoisotopic (exact) mass is 378 g/mol. The van der Waals surface area contributed by atoms with Gasteiger partial charge in [-0.25, -0.2) is 14.4 Å². The minimum Gasteiger partial charge on any atom is -0.382 e. The number of aromatic nitrogens is 2. The molecule has 2 aromatic carbocycles. The lowest BCUT2D eigenvalue weighted by atomic mass is 10.1. The van der Waals surface area contributed by atoms with Crippen LogP contribution in [-0.4, -0.2) is 47.1 Å². The Morgan fingerprint density at radius 1 is 1.07 bits per heavy atom. The van der Waals surface area contributed by atoms with Gasteiger partial charge in [-0.2, -0.15) is 0 Å². The second kappa shape index (κ2) is 7.74. The maximum absolute atomic E-state index is 13.5. The number of benzene rings is 2. The largest absolute Gasteiger partial charge is 0.382 e. The van der Waals surface area contributed by atoms with Gasteiger partial charge in [0.2, 0.25) is 0 Å². The summed E-state index contributed by atoms with van der Waals surface area (Å²) in [6.45, 7) is 2.30. The predicted molar refractivity (Wildman–Crippen MR) is 104 cm³/mol. The third-order valence-electron chi connectivity index (χ3n) is 4.62. The van der Waals surface area contributed by atoms with Crippen LogP contribution in [0.2, 0.25) is 0 Å². The van der Waals surface area contributed by atoms with Crippen molar-refractivity contribution < 1.29 is 13.9 Å². The van der Waals surface area contributed by atoms with Gasteiger partial charge in [-0.05, 0) is 24.3 Å². The second-order valence-electron chi connectivity index (χ2n) is 6.48. The van der Waals surface area contributed by atoms with Crippen LogP contribution in [0.15, 0.2) is 54.7 Å². The van der Waals surface area contributed by atoms with Crippen molar-refractivity contribution in [2.45, 2.75) is 0 Å². The van der Waals surface area contributed by atoms with Crippen molar-refractivity contribution in [1.82, 2.24) is 14.9 Å². The number of hydrogen-bond acceptors (Lipinski definition) is 5. The van der Waals surface area contributed by atoms with Gasteiger partial charge in [0.05, 0.1) is 25.1 Å². The number of carbonyl (C=O) groups is 1. The fourth-order valence-electron chi connectivity index (χ4n) is 3.12. The average molecular weight is 378 g/mol. The Balaban J connectivity index is 1.62. The number of anilines is 1. The molecular weight excluding hydrogens is 359 g/mol. The maximum atomic E-state index is 13.5. The zero-order valence-corrected chi connectivity index (χ0v) is 15.1. The Morgan fingerprint density at radius 3 is 2.54 bits per heavy atom. The third kappa shape index (κ3) is 3.70. The molecule has 0 spiro atoms. The van der Waals surface area contributed by atoms with Crippen LogP contribution in [0.3, 0.4) is 0 Å². The summed E-state index contributed by atoms with van der Waals surface area (Å²) in [4.78, 5) is 23.1. The van der Waals surface area contributed by atoms with Gasteiger partial charge in [-0.1, -0.05) is 24.3 Å². The van der Waals surface area contributed by atoms with Gasteiger partial charge < -0.3 is 15.4 Å². The normalized spacial score (nSPS) is 14.1. The predicted octanol–water partition coefficient (Wildman–Crippen LogP) is 3.00. The summed E-state index contributed by atoms with van der Waals surface area (Å²) in [5.41, 5.74) is 8.98.